The minimum atomic E-state index is 0.146. The van der Waals surface area contributed by atoms with Gasteiger partial charge in [0.2, 0.25) is 5.91 Å². The number of carbonyl (C=O) groups is 1. The highest BCUT2D eigenvalue weighted by Gasteiger charge is 2.40. The number of hydrogen-bond donors (Lipinski definition) is 1. The van der Waals surface area contributed by atoms with E-state index < -0.39 is 0 Å². The number of hydrogen-bond acceptors (Lipinski definition) is 4. The summed E-state index contributed by atoms with van der Waals surface area (Å²) < 4.78 is 0. The molecule has 4 rings (SSSR count). The molecule has 154 valence electrons. The maximum Gasteiger partial charge on any atom is 0.224 e. The van der Waals surface area contributed by atoms with Crippen LogP contribution in [0.1, 0.15) is 44.1 Å². The van der Waals surface area contributed by atoms with Crippen molar-refractivity contribution in [3.05, 3.63) is 35.9 Å². The lowest BCUT2D eigenvalue weighted by Gasteiger charge is -2.44. The zero-order valence-corrected chi connectivity index (χ0v) is 17.9. The lowest BCUT2D eigenvalue weighted by Crippen LogP contribution is -2.57. The van der Waals surface area contributed by atoms with Gasteiger partial charge in [-0.25, -0.2) is 0 Å². The van der Waals surface area contributed by atoms with Crippen LogP contribution in [0.15, 0.2) is 30.3 Å². The normalized spacial score (nSPS) is 26.2. The van der Waals surface area contributed by atoms with E-state index in [2.05, 4.69) is 57.2 Å². The highest BCUT2D eigenvalue weighted by Crippen LogP contribution is 2.36. The topological polar surface area (TPSA) is 35.6 Å². The van der Waals surface area contributed by atoms with Gasteiger partial charge in [0.15, 0.2) is 0 Å². The molecule has 1 unspecified atom stereocenters. The number of rotatable bonds is 6. The number of nitrogens with one attached hydrogen (secondary N) is 1. The summed E-state index contributed by atoms with van der Waals surface area (Å²) >= 11 is 2.07. The molecular formula is C23H35N3OS. The molecule has 1 aromatic carbocycles. The first-order valence-electron chi connectivity index (χ1n) is 11.1. The van der Waals surface area contributed by atoms with Crippen LogP contribution in [-0.4, -0.2) is 65.5 Å². The maximum absolute atomic E-state index is 13.0. The number of benzene rings is 1. The fourth-order valence-electron chi connectivity index (χ4n) is 5.33. The molecule has 2 saturated heterocycles. The van der Waals surface area contributed by atoms with Crippen LogP contribution in [0, 0.1) is 5.92 Å². The van der Waals surface area contributed by atoms with Gasteiger partial charge in [-0.15, -0.1) is 0 Å². The molecule has 4 nitrogen and oxygen atoms in total. The Bertz CT molecular complexity index is 626. The summed E-state index contributed by atoms with van der Waals surface area (Å²) in [6.45, 7) is 6.19. The molecule has 0 aromatic heterocycles. The Kier molecular flexibility index (Phi) is 6.97. The first-order chi connectivity index (χ1) is 13.8. The number of carbonyl (C=O) groups excluding carboxylic acids is 1. The zero-order valence-electron chi connectivity index (χ0n) is 17.1. The average Bonchev–Trinajstić information content (AvgIpc) is 3.24. The second-order valence-corrected chi connectivity index (χ2v) is 10.0. The van der Waals surface area contributed by atoms with Crippen LogP contribution < -0.4 is 5.32 Å². The Hall–Kier alpha value is -1.04. The van der Waals surface area contributed by atoms with E-state index >= 15 is 0 Å². The van der Waals surface area contributed by atoms with Crippen molar-refractivity contribution >= 4 is 17.7 Å². The van der Waals surface area contributed by atoms with E-state index in [-0.39, 0.29) is 17.4 Å². The van der Waals surface area contributed by atoms with Gasteiger partial charge in [-0.2, -0.15) is 11.8 Å². The lowest BCUT2D eigenvalue weighted by atomic mass is 9.93. The quantitative estimate of drug-likeness (QED) is 0.793. The number of nitrogens with zero attached hydrogens (tertiary/aromatic N) is 2. The van der Waals surface area contributed by atoms with Crippen LogP contribution in [0.2, 0.25) is 0 Å². The average molecular weight is 402 g/mol. The first-order valence-corrected chi connectivity index (χ1v) is 12.3. The minimum absolute atomic E-state index is 0.146. The molecule has 1 aliphatic carbocycles. The predicted molar refractivity (Wildman–Crippen MR) is 118 cm³/mol. The number of likely N-dealkylation sites (tertiary alicyclic amines) is 1. The van der Waals surface area contributed by atoms with E-state index in [1.165, 1.54) is 55.8 Å². The third kappa shape index (κ3) is 4.92. The van der Waals surface area contributed by atoms with Crippen molar-refractivity contribution in [3.63, 3.8) is 0 Å². The maximum atomic E-state index is 13.0. The summed E-state index contributed by atoms with van der Waals surface area (Å²) in [5.74, 6) is 2.92. The van der Waals surface area contributed by atoms with Gasteiger partial charge < -0.3 is 5.32 Å². The molecule has 5 heteroatoms. The first kappa shape index (κ1) is 20.2. The van der Waals surface area contributed by atoms with E-state index in [0.29, 0.717) is 0 Å². The molecule has 0 spiro atoms. The molecule has 1 amide bonds. The summed E-state index contributed by atoms with van der Waals surface area (Å²) in [6.07, 6.45) is 7.29. The van der Waals surface area contributed by atoms with Gasteiger partial charge in [0, 0.05) is 49.8 Å². The van der Waals surface area contributed by atoms with Crippen LogP contribution >= 0.6 is 11.8 Å². The van der Waals surface area contributed by atoms with Crippen LogP contribution in [-0.2, 0) is 11.3 Å². The van der Waals surface area contributed by atoms with E-state index in [9.17, 15) is 4.79 Å². The summed E-state index contributed by atoms with van der Waals surface area (Å²) in [6, 6.07) is 10.6. The molecule has 0 bridgehead atoms. The lowest BCUT2D eigenvalue weighted by molar-refractivity contribution is -0.127. The van der Waals surface area contributed by atoms with Crippen molar-refractivity contribution in [3.8, 4) is 0 Å². The molecule has 2 heterocycles. The molecule has 3 fully saturated rings. The van der Waals surface area contributed by atoms with Gasteiger partial charge in [0.1, 0.15) is 0 Å². The Morgan fingerprint density at radius 2 is 1.82 bits per heavy atom. The van der Waals surface area contributed by atoms with Crippen molar-refractivity contribution < 1.29 is 4.79 Å². The van der Waals surface area contributed by atoms with Gasteiger partial charge in [-0.1, -0.05) is 43.2 Å². The summed E-state index contributed by atoms with van der Waals surface area (Å²) in [5, 5.41) is 3.40. The van der Waals surface area contributed by atoms with Crippen molar-refractivity contribution in [2.75, 3.05) is 44.2 Å². The summed E-state index contributed by atoms with van der Waals surface area (Å²) in [4.78, 5) is 18.2. The SMILES string of the molecule is O=C(NCC1(N2CCSCC2)CCCC1)C1CCCN(Cc2ccccc2)C1. The molecule has 2 aliphatic heterocycles. The second-order valence-electron chi connectivity index (χ2n) is 8.81. The van der Waals surface area contributed by atoms with Crippen molar-refractivity contribution in [1.82, 2.24) is 15.1 Å². The van der Waals surface area contributed by atoms with Gasteiger partial charge >= 0.3 is 0 Å². The highest BCUT2D eigenvalue weighted by atomic mass is 32.2. The largest absolute Gasteiger partial charge is 0.354 e. The van der Waals surface area contributed by atoms with Crippen LogP contribution in [0.4, 0.5) is 0 Å². The van der Waals surface area contributed by atoms with E-state index in [4.69, 9.17) is 0 Å². The van der Waals surface area contributed by atoms with Gasteiger partial charge in [0.05, 0.1) is 5.92 Å². The Morgan fingerprint density at radius 1 is 1.07 bits per heavy atom. The molecule has 0 radical (unpaired) electrons. The molecule has 1 N–H and O–H groups in total. The third-order valence-corrected chi connectivity index (χ3v) is 7.88. The van der Waals surface area contributed by atoms with Crippen molar-refractivity contribution in [2.45, 2.75) is 50.6 Å². The van der Waals surface area contributed by atoms with Crippen LogP contribution in [0.25, 0.3) is 0 Å². The Labute approximate surface area is 174 Å². The van der Waals surface area contributed by atoms with E-state index in [0.717, 1.165) is 39.0 Å². The standard InChI is InChI=1S/C23H35N3OS/c27-22(21-9-6-12-25(18-21)17-20-7-2-1-3-8-20)24-19-23(10-4-5-11-23)26-13-15-28-16-14-26/h1-3,7-8,21H,4-6,9-19H2,(H,24,27). The van der Waals surface area contributed by atoms with E-state index in [1.54, 1.807) is 0 Å². The summed E-state index contributed by atoms with van der Waals surface area (Å²) in [5.41, 5.74) is 1.58. The molecule has 28 heavy (non-hydrogen) atoms. The number of piperidine rings is 1. The monoisotopic (exact) mass is 401 g/mol. The predicted octanol–water partition coefficient (Wildman–Crippen LogP) is 3.38. The number of amides is 1. The Balaban J connectivity index is 1.31. The third-order valence-electron chi connectivity index (χ3n) is 6.93. The van der Waals surface area contributed by atoms with Crippen molar-refractivity contribution in [2.24, 2.45) is 5.92 Å². The molecule has 3 aliphatic rings. The van der Waals surface area contributed by atoms with Gasteiger partial charge in [-0.3, -0.25) is 14.6 Å². The van der Waals surface area contributed by atoms with Crippen molar-refractivity contribution in [1.29, 1.82) is 0 Å². The fourth-order valence-corrected chi connectivity index (χ4v) is 6.23. The minimum Gasteiger partial charge on any atom is -0.354 e. The fraction of sp³-hybridized carbons (Fsp3) is 0.696. The van der Waals surface area contributed by atoms with Crippen LogP contribution in [0.3, 0.4) is 0 Å². The zero-order chi connectivity index (χ0) is 19.2. The Morgan fingerprint density at radius 3 is 2.57 bits per heavy atom. The summed E-state index contributed by atoms with van der Waals surface area (Å²) in [7, 11) is 0. The number of thioether (sulfide) groups is 1. The molecule has 1 aromatic rings. The molecular weight excluding hydrogens is 366 g/mol. The van der Waals surface area contributed by atoms with Gasteiger partial charge in [0.25, 0.3) is 0 Å². The van der Waals surface area contributed by atoms with E-state index in [1.807, 2.05) is 0 Å². The molecule has 1 saturated carbocycles. The smallest absolute Gasteiger partial charge is 0.224 e. The van der Waals surface area contributed by atoms with Crippen LogP contribution in [0.5, 0.6) is 0 Å². The second kappa shape index (κ2) is 9.64. The van der Waals surface area contributed by atoms with Gasteiger partial charge in [-0.05, 0) is 37.8 Å². The molecule has 1 atom stereocenters. The highest BCUT2D eigenvalue weighted by molar-refractivity contribution is 7.99.